The minimum Gasteiger partial charge on any atom is -0.507 e. The van der Waals surface area contributed by atoms with Crippen molar-refractivity contribution in [2.75, 3.05) is 0 Å². The van der Waals surface area contributed by atoms with Crippen molar-refractivity contribution in [1.82, 2.24) is 5.01 Å². The molecular weight excluding hydrogens is 443 g/mol. The van der Waals surface area contributed by atoms with Crippen LogP contribution in [0.3, 0.4) is 0 Å². The van der Waals surface area contributed by atoms with Crippen LogP contribution in [0.4, 0.5) is 0 Å². The second kappa shape index (κ2) is 7.44. The number of nitrogens with zero attached hydrogens (tertiary/aromatic N) is 2. The monoisotopic (exact) mass is 460 g/mol. The highest BCUT2D eigenvalue weighted by molar-refractivity contribution is 6.31. The van der Waals surface area contributed by atoms with E-state index in [-0.39, 0.29) is 11.8 Å². The molecule has 2 aliphatic rings. The van der Waals surface area contributed by atoms with Crippen molar-refractivity contribution in [3.8, 4) is 11.5 Å². The molecule has 158 valence electrons. The highest BCUT2D eigenvalue weighted by atomic mass is 35.5. The predicted molar refractivity (Wildman–Crippen MR) is 128 cm³/mol. The predicted octanol–water partition coefficient (Wildman–Crippen LogP) is 7.09. The third kappa shape index (κ3) is 3.19. The quantitative estimate of drug-likeness (QED) is 0.347. The number of phenolic OH excluding ortho intramolecular Hbond substituents is 1. The zero-order valence-corrected chi connectivity index (χ0v) is 18.4. The molecule has 0 unspecified atom stereocenters. The molecule has 0 radical (unpaired) electrons. The van der Waals surface area contributed by atoms with Gasteiger partial charge in [0.05, 0.1) is 17.3 Å². The number of hydrazone groups is 1. The molecule has 4 aromatic rings. The Labute approximate surface area is 195 Å². The van der Waals surface area contributed by atoms with E-state index in [0.717, 1.165) is 22.6 Å². The molecule has 6 rings (SSSR count). The molecule has 0 fully saturated rings. The van der Waals surface area contributed by atoms with Crippen LogP contribution in [-0.2, 0) is 0 Å². The van der Waals surface area contributed by atoms with E-state index in [1.807, 2.05) is 35.3 Å². The third-order valence-electron chi connectivity index (χ3n) is 6.09. The minimum absolute atomic E-state index is 0.0673. The molecule has 0 spiro atoms. The van der Waals surface area contributed by atoms with Crippen molar-refractivity contribution < 1.29 is 9.84 Å². The molecule has 6 heteroatoms. The molecule has 0 bridgehead atoms. The summed E-state index contributed by atoms with van der Waals surface area (Å²) in [5, 5.41) is 21.0. The molecule has 0 amide bonds. The summed E-state index contributed by atoms with van der Waals surface area (Å²) in [7, 11) is 0. The summed E-state index contributed by atoms with van der Waals surface area (Å²) in [6.07, 6.45) is 0.0951. The van der Waals surface area contributed by atoms with Gasteiger partial charge in [0, 0.05) is 22.0 Å². The minimum atomic E-state index is -0.606. The van der Waals surface area contributed by atoms with Gasteiger partial charge in [0.1, 0.15) is 11.5 Å². The summed E-state index contributed by atoms with van der Waals surface area (Å²) in [4.78, 5) is 0. The van der Waals surface area contributed by atoms with Gasteiger partial charge in [-0.15, -0.1) is 0 Å². The Hall–Kier alpha value is -3.21. The topological polar surface area (TPSA) is 45.1 Å². The molecule has 4 aromatic carbocycles. The molecule has 2 heterocycles. The maximum absolute atomic E-state index is 10.6. The number of benzene rings is 4. The molecule has 4 nitrogen and oxygen atoms in total. The average molecular weight is 461 g/mol. The van der Waals surface area contributed by atoms with Crippen molar-refractivity contribution in [2.24, 2.45) is 5.10 Å². The highest BCUT2D eigenvalue weighted by Crippen LogP contribution is 2.49. The Morgan fingerprint density at radius 3 is 2.44 bits per heavy atom. The lowest BCUT2D eigenvalue weighted by Gasteiger charge is -2.38. The van der Waals surface area contributed by atoms with Crippen molar-refractivity contribution in [2.45, 2.75) is 18.7 Å². The summed E-state index contributed by atoms with van der Waals surface area (Å²) >= 11 is 12.6. The summed E-state index contributed by atoms with van der Waals surface area (Å²) in [6.45, 7) is 0. The molecule has 2 aliphatic heterocycles. The van der Waals surface area contributed by atoms with Gasteiger partial charge in [-0.3, -0.25) is 0 Å². The van der Waals surface area contributed by atoms with Crippen LogP contribution in [0.1, 0.15) is 35.4 Å². The van der Waals surface area contributed by atoms with Gasteiger partial charge in [-0.25, -0.2) is 5.01 Å². The molecule has 32 heavy (non-hydrogen) atoms. The fourth-order valence-electron chi connectivity index (χ4n) is 4.53. The number of hydrogen-bond donors (Lipinski definition) is 1. The molecular formula is C26H18Cl2N2O2. The van der Waals surface area contributed by atoms with Crippen molar-refractivity contribution >= 4 is 39.7 Å². The second-order valence-electron chi connectivity index (χ2n) is 8.06. The first-order valence-corrected chi connectivity index (χ1v) is 11.1. The average Bonchev–Trinajstić information content (AvgIpc) is 3.26. The molecule has 0 saturated heterocycles. The van der Waals surface area contributed by atoms with Gasteiger partial charge < -0.3 is 9.84 Å². The highest BCUT2D eigenvalue weighted by Gasteiger charge is 2.42. The Morgan fingerprint density at radius 1 is 0.844 bits per heavy atom. The summed E-state index contributed by atoms with van der Waals surface area (Å²) in [5.74, 6) is 0.847. The van der Waals surface area contributed by atoms with E-state index in [1.54, 1.807) is 18.2 Å². The summed E-state index contributed by atoms with van der Waals surface area (Å²) in [5.41, 5.74) is 3.58. The first-order chi connectivity index (χ1) is 15.6. The molecule has 1 N–H and O–H groups in total. The Balaban J connectivity index is 1.48. The Morgan fingerprint density at radius 2 is 1.59 bits per heavy atom. The molecule has 0 aromatic heterocycles. The van der Waals surface area contributed by atoms with E-state index >= 15 is 0 Å². The van der Waals surface area contributed by atoms with E-state index in [1.165, 1.54) is 10.8 Å². The third-order valence-corrected chi connectivity index (χ3v) is 6.56. The van der Waals surface area contributed by atoms with Crippen molar-refractivity contribution in [3.05, 3.63) is 106 Å². The van der Waals surface area contributed by atoms with Gasteiger partial charge >= 0.3 is 0 Å². The lowest BCUT2D eigenvalue weighted by atomic mass is 9.95. The maximum Gasteiger partial charge on any atom is 0.217 e. The molecule has 0 aliphatic carbocycles. The Kier molecular flexibility index (Phi) is 4.53. The SMILES string of the molecule is Oc1ccc(Cl)cc1[C@H]1Oc2ccc(Cl)cc2[C@@H]2CC(c3ccc4ccccc4c3)=NN12. The zero-order chi connectivity index (χ0) is 21.8. The fraction of sp³-hybridized carbons (Fsp3) is 0.115. The van der Waals surface area contributed by atoms with E-state index in [9.17, 15) is 5.11 Å². The summed E-state index contributed by atoms with van der Waals surface area (Å²) in [6, 6.07) is 25.2. The van der Waals surface area contributed by atoms with Crippen LogP contribution in [0.2, 0.25) is 10.0 Å². The number of ether oxygens (including phenoxy) is 1. The number of phenols is 1. The maximum atomic E-state index is 10.6. The Bertz CT molecular complexity index is 1400. The van der Waals surface area contributed by atoms with Crippen LogP contribution in [0.15, 0.2) is 84.0 Å². The first-order valence-electron chi connectivity index (χ1n) is 10.4. The zero-order valence-electron chi connectivity index (χ0n) is 16.9. The van der Waals surface area contributed by atoms with Crippen LogP contribution in [-0.4, -0.2) is 15.8 Å². The van der Waals surface area contributed by atoms with Crippen molar-refractivity contribution in [1.29, 1.82) is 0 Å². The number of fused-ring (bicyclic) bond motifs is 4. The summed E-state index contributed by atoms with van der Waals surface area (Å²) < 4.78 is 6.32. The molecule has 2 atom stereocenters. The van der Waals surface area contributed by atoms with Crippen LogP contribution in [0.25, 0.3) is 10.8 Å². The van der Waals surface area contributed by atoms with Gasteiger partial charge in [-0.1, -0.05) is 59.6 Å². The number of hydrogen-bond acceptors (Lipinski definition) is 4. The van der Waals surface area contributed by atoms with E-state index in [4.69, 9.17) is 33.0 Å². The lowest BCUT2D eigenvalue weighted by molar-refractivity contribution is -0.0203. The standard InChI is InChI=1S/C26H18Cl2N2O2/c27-18-7-9-24(31)21(13-18)26-30-23(20-12-19(28)8-10-25(20)32-26)14-22(29-30)17-6-5-15-3-1-2-4-16(15)11-17/h1-13,23,26,31H,14H2/t23-,26+/m0/s1. The molecule has 0 saturated carbocycles. The van der Waals surface area contributed by atoms with Crippen LogP contribution >= 0.6 is 23.2 Å². The fourth-order valence-corrected chi connectivity index (χ4v) is 4.89. The van der Waals surface area contributed by atoms with Crippen molar-refractivity contribution in [3.63, 3.8) is 0 Å². The van der Waals surface area contributed by atoms with Gasteiger partial charge in [0.25, 0.3) is 0 Å². The smallest absolute Gasteiger partial charge is 0.217 e. The largest absolute Gasteiger partial charge is 0.507 e. The van der Waals surface area contributed by atoms with Gasteiger partial charge in [0.2, 0.25) is 6.23 Å². The number of rotatable bonds is 2. The van der Waals surface area contributed by atoms with Gasteiger partial charge in [-0.05, 0) is 58.8 Å². The van der Waals surface area contributed by atoms with Crippen LogP contribution in [0.5, 0.6) is 11.5 Å². The van der Waals surface area contributed by atoms with E-state index in [2.05, 4.69) is 30.3 Å². The van der Waals surface area contributed by atoms with E-state index < -0.39 is 6.23 Å². The van der Waals surface area contributed by atoms with Gasteiger partial charge in [0.15, 0.2) is 0 Å². The van der Waals surface area contributed by atoms with Crippen LogP contribution in [0, 0.1) is 0 Å². The van der Waals surface area contributed by atoms with Crippen LogP contribution < -0.4 is 4.74 Å². The lowest BCUT2D eigenvalue weighted by Crippen LogP contribution is -2.33. The normalized spacial score (nSPS) is 19.3. The second-order valence-corrected chi connectivity index (χ2v) is 8.94. The van der Waals surface area contributed by atoms with E-state index in [0.29, 0.717) is 22.0 Å². The first kappa shape index (κ1) is 19.5. The number of aromatic hydroxyl groups is 1. The number of halogens is 2. The van der Waals surface area contributed by atoms with Gasteiger partial charge in [-0.2, -0.15) is 5.10 Å².